The predicted molar refractivity (Wildman–Crippen MR) is 101 cm³/mol. The highest BCUT2D eigenvalue weighted by Crippen LogP contribution is 2.32. The molecule has 2 atom stereocenters. The van der Waals surface area contributed by atoms with Crippen molar-refractivity contribution in [2.45, 2.75) is 31.3 Å². The van der Waals surface area contributed by atoms with Crippen LogP contribution in [-0.2, 0) is 9.53 Å². The third-order valence-corrected chi connectivity index (χ3v) is 5.89. The summed E-state index contributed by atoms with van der Waals surface area (Å²) in [6, 6.07) is 5.67. The molecule has 8 heteroatoms. The first kappa shape index (κ1) is 19.0. The smallest absolute Gasteiger partial charge is 0.251 e. The maximum Gasteiger partial charge on any atom is 0.251 e. The van der Waals surface area contributed by atoms with Crippen LogP contribution in [0.25, 0.3) is 0 Å². The van der Waals surface area contributed by atoms with Gasteiger partial charge in [-0.15, -0.1) is 0 Å². The summed E-state index contributed by atoms with van der Waals surface area (Å²) < 4.78 is 15.9. The Morgan fingerprint density at radius 2 is 1.86 bits per heavy atom. The minimum Gasteiger partial charge on any atom is -0.454 e. The summed E-state index contributed by atoms with van der Waals surface area (Å²) in [5.74, 6) is 1.34. The summed E-state index contributed by atoms with van der Waals surface area (Å²) in [7, 11) is 2.04. The van der Waals surface area contributed by atoms with E-state index in [2.05, 4.69) is 10.2 Å². The monoisotopic (exact) mass is 389 g/mol. The number of hydrogen-bond donors (Lipinski definition) is 1. The van der Waals surface area contributed by atoms with Crippen LogP contribution in [-0.4, -0.2) is 80.4 Å². The van der Waals surface area contributed by atoms with Crippen molar-refractivity contribution in [2.75, 3.05) is 46.7 Å². The standard InChI is InChI=1S/C20H27N3O5/c1-22-15(11-19(24)23-6-8-26-9-7-23)3-4-16(22)12-21-20(25)14-2-5-17-18(10-14)28-13-27-17/h2,5,10,15-16H,3-4,6-9,11-13H2,1H3,(H,21,25)/t15-,16+/m1/s1. The number of hydrogen-bond acceptors (Lipinski definition) is 6. The van der Waals surface area contributed by atoms with Crippen molar-refractivity contribution in [3.8, 4) is 11.5 Å². The van der Waals surface area contributed by atoms with E-state index in [1.54, 1.807) is 18.2 Å². The third-order valence-electron chi connectivity index (χ3n) is 5.89. The highest BCUT2D eigenvalue weighted by atomic mass is 16.7. The molecule has 1 aromatic rings. The van der Waals surface area contributed by atoms with Crippen LogP contribution in [0.3, 0.4) is 0 Å². The van der Waals surface area contributed by atoms with E-state index < -0.39 is 0 Å². The molecule has 0 bridgehead atoms. The lowest BCUT2D eigenvalue weighted by Gasteiger charge is -2.30. The first-order chi connectivity index (χ1) is 13.6. The van der Waals surface area contributed by atoms with E-state index in [0.717, 1.165) is 12.8 Å². The number of likely N-dealkylation sites (N-methyl/N-ethyl adjacent to an activating group) is 1. The Morgan fingerprint density at radius 3 is 2.68 bits per heavy atom. The second-order valence-electron chi connectivity index (χ2n) is 7.53. The summed E-state index contributed by atoms with van der Waals surface area (Å²) in [6.45, 7) is 3.37. The molecule has 152 valence electrons. The molecule has 0 saturated carbocycles. The number of ether oxygens (including phenoxy) is 3. The van der Waals surface area contributed by atoms with E-state index in [9.17, 15) is 9.59 Å². The number of carbonyl (C=O) groups excluding carboxylic acids is 2. The fourth-order valence-electron chi connectivity index (χ4n) is 4.08. The van der Waals surface area contributed by atoms with Gasteiger partial charge in [-0.1, -0.05) is 0 Å². The number of likely N-dealkylation sites (tertiary alicyclic amines) is 1. The summed E-state index contributed by atoms with van der Waals surface area (Å²) in [5.41, 5.74) is 0.559. The Hall–Kier alpha value is -2.32. The van der Waals surface area contributed by atoms with Crippen LogP contribution in [0.4, 0.5) is 0 Å². The second-order valence-corrected chi connectivity index (χ2v) is 7.53. The molecule has 2 amide bonds. The molecular weight excluding hydrogens is 362 g/mol. The topological polar surface area (TPSA) is 80.3 Å². The Labute approximate surface area is 164 Å². The van der Waals surface area contributed by atoms with Crippen LogP contribution in [0, 0.1) is 0 Å². The van der Waals surface area contributed by atoms with Crippen molar-refractivity contribution >= 4 is 11.8 Å². The van der Waals surface area contributed by atoms with Gasteiger partial charge in [0.15, 0.2) is 11.5 Å². The third kappa shape index (κ3) is 4.07. The van der Waals surface area contributed by atoms with Crippen molar-refractivity contribution in [1.82, 2.24) is 15.1 Å². The molecule has 0 unspecified atom stereocenters. The fraction of sp³-hybridized carbons (Fsp3) is 0.600. The quantitative estimate of drug-likeness (QED) is 0.805. The van der Waals surface area contributed by atoms with E-state index in [0.29, 0.717) is 56.3 Å². The first-order valence-corrected chi connectivity index (χ1v) is 9.87. The number of carbonyl (C=O) groups is 2. The first-order valence-electron chi connectivity index (χ1n) is 9.87. The molecule has 0 aliphatic carbocycles. The zero-order valence-corrected chi connectivity index (χ0v) is 16.2. The van der Waals surface area contributed by atoms with Crippen LogP contribution >= 0.6 is 0 Å². The highest BCUT2D eigenvalue weighted by molar-refractivity contribution is 5.95. The van der Waals surface area contributed by atoms with Gasteiger partial charge in [0.1, 0.15) is 0 Å². The van der Waals surface area contributed by atoms with Crippen molar-refractivity contribution in [3.63, 3.8) is 0 Å². The highest BCUT2D eigenvalue weighted by Gasteiger charge is 2.33. The SMILES string of the molecule is CN1[C@@H](CC(=O)N2CCOCC2)CC[C@H]1CNC(=O)c1ccc2c(c1)OCO2. The van der Waals surface area contributed by atoms with Crippen LogP contribution in [0.15, 0.2) is 18.2 Å². The number of benzene rings is 1. The van der Waals surface area contributed by atoms with Crippen LogP contribution < -0.4 is 14.8 Å². The Morgan fingerprint density at radius 1 is 1.11 bits per heavy atom. The van der Waals surface area contributed by atoms with Crippen LogP contribution in [0.1, 0.15) is 29.6 Å². The van der Waals surface area contributed by atoms with E-state index in [1.165, 1.54) is 0 Å². The van der Waals surface area contributed by atoms with Crippen molar-refractivity contribution in [3.05, 3.63) is 23.8 Å². The van der Waals surface area contributed by atoms with Gasteiger partial charge >= 0.3 is 0 Å². The number of nitrogens with one attached hydrogen (secondary N) is 1. The minimum absolute atomic E-state index is 0.125. The number of rotatable bonds is 5. The predicted octanol–water partition coefficient (Wildman–Crippen LogP) is 0.857. The van der Waals surface area contributed by atoms with Gasteiger partial charge in [0.25, 0.3) is 5.91 Å². The number of amides is 2. The lowest BCUT2D eigenvalue weighted by molar-refractivity contribution is -0.136. The Kier molecular flexibility index (Phi) is 5.68. The van der Waals surface area contributed by atoms with Gasteiger partial charge in [0.05, 0.1) is 13.2 Å². The summed E-state index contributed by atoms with van der Waals surface area (Å²) >= 11 is 0. The van der Waals surface area contributed by atoms with E-state index >= 15 is 0 Å². The zero-order chi connectivity index (χ0) is 19.5. The lowest BCUT2D eigenvalue weighted by Crippen LogP contribution is -2.45. The molecule has 3 heterocycles. The molecule has 1 aromatic carbocycles. The normalized spacial score (nSPS) is 24.4. The van der Waals surface area contributed by atoms with E-state index in [4.69, 9.17) is 14.2 Å². The fourth-order valence-corrected chi connectivity index (χ4v) is 4.08. The van der Waals surface area contributed by atoms with Crippen LogP contribution in [0.2, 0.25) is 0 Å². The molecule has 3 aliphatic heterocycles. The van der Waals surface area contributed by atoms with Crippen LogP contribution in [0.5, 0.6) is 11.5 Å². The summed E-state index contributed by atoms with van der Waals surface area (Å²) in [4.78, 5) is 29.1. The number of fused-ring (bicyclic) bond motifs is 1. The minimum atomic E-state index is -0.125. The molecule has 0 radical (unpaired) electrons. The molecule has 8 nitrogen and oxygen atoms in total. The molecule has 2 saturated heterocycles. The van der Waals surface area contributed by atoms with Crippen molar-refractivity contribution in [1.29, 1.82) is 0 Å². The van der Waals surface area contributed by atoms with Gasteiger partial charge in [0, 0.05) is 43.7 Å². The second kappa shape index (κ2) is 8.36. The molecular formula is C20H27N3O5. The van der Waals surface area contributed by atoms with Crippen molar-refractivity contribution in [2.24, 2.45) is 0 Å². The number of morpholine rings is 1. The number of nitrogens with zero attached hydrogens (tertiary/aromatic N) is 2. The van der Waals surface area contributed by atoms with Gasteiger partial charge < -0.3 is 24.4 Å². The van der Waals surface area contributed by atoms with E-state index in [1.807, 2.05) is 11.9 Å². The molecule has 0 spiro atoms. The average Bonchev–Trinajstić information content (AvgIpc) is 3.33. The largest absolute Gasteiger partial charge is 0.454 e. The zero-order valence-electron chi connectivity index (χ0n) is 16.2. The molecule has 1 N–H and O–H groups in total. The molecule has 28 heavy (non-hydrogen) atoms. The van der Waals surface area contributed by atoms with Gasteiger partial charge in [0.2, 0.25) is 12.7 Å². The van der Waals surface area contributed by atoms with E-state index in [-0.39, 0.29) is 30.7 Å². The summed E-state index contributed by atoms with van der Waals surface area (Å²) in [5, 5.41) is 3.01. The maximum absolute atomic E-state index is 12.5. The molecule has 2 fully saturated rings. The Balaban J connectivity index is 1.26. The molecule has 0 aromatic heterocycles. The maximum atomic E-state index is 12.5. The molecule has 3 aliphatic rings. The van der Waals surface area contributed by atoms with Gasteiger partial charge in [-0.3, -0.25) is 14.5 Å². The average molecular weight is 389 g/mol. The van der Waals surface area contributed by atoms with Crippen molar-refractivity contribution < 1.29 is 23.8 Å². The summed E-state index contributed by atoms with van der Waals surface area (Å²) in [6.07, 6.45) is 2.47. The lowest BCUT2D eigenvalue weighted by atomic mass is 10.1. The van der Waals surface area contributed by atoms with Gasteiger partial charge in [-0.2, -0.15) is 0 Å². The Bertz CT molecular complexity index is 735. The van der Waals surface area contributed by atoms with Gasteiger partial charge in [-0.25, -0.2) is 0 Å². The van der Waals surface area contributed by atoms with Gasteiger partial charge in [-0.05, 0) is 38.1 Å². The molecule has 4 rings (SSSR count).